The normalized spacial score (nSPS) is 10.6. The van der Waals surface area contributed by atoms with Gasteiger partial charge in [-0.05, 0) is 50.2 Å². The summed E-state index contributed by atoms with van der Waals surface area (Å²) in [4.78, 5) is 11.8. The number of nitrogens with one attached hydrogen (secondary N) is 2. The quantitative estimate of drug-likeness (QED) is 0.569. The highest BCUT2D eigenvalue weighted by molar-refractivity contribution is 7.80. The van der Waals surface area contributed by atoms with Crippen LogP contribution in [0.15, 0.2) is 24.3 Å². The van der Waals surface area contributed by atoms with Crippen LogP contribution in [0.3, 0.4) is 0 Å². The molecule has 0 aliphatic heterocycles. The Bertz CT molecular complexity index is 765. The van der Waals surface area contributed by atoms with E-state index in [4.69, 9.17) is 12.2 Å². The van der Waals surface area contributed by atoms with Crippen LogP contribution in [0.5, 0.6) is 0 Å². The van der Waals surface area contributed by atoms with Crippen molar-refractivity contribution < 1.29 is 4.79 Å². The van der Waals surface area contributed by atoms with Crippen LogP contribution in [0.2, 0.25) is 0 Å². The Morgan fingerprint density at radius 2 is 1.88 bits per heavy atom. The van der Waals surface area contributed by atoms with E-state index in [0.29, 0.717) is 11.5 Å². The molecule has 0 fully saturated rings. The Kier molecular flexibility index (Phi) is 7.33. The SMILES string of the molecule is CCCCCC(=O)NC(=S)Nc1ccc(Cc2c(C)nn(C)c2C)cc1. The lowest BCUT2D eigenvalue weighted by Gasteiger charge is -2.10. The zero-order valence-electron chi connectivity index (χ0n) is 16.1. The number of benzene rings is 1. The molecule has 1 heterocycles. The number of aryl methyl sites for hydroxylation is 2. The van der Waals surface area contributed by atoms with Gasteiger partial charge in [-0.1, -0.05) is 31.9 Å². The number of hydrogen-bond donors (Lipinski definition) is 2. The number of carbonyl (C=O) groups is 1. The van der Waals surface area contributed by atoms with Crippen molar-refractivity contribution in [2.75, 3.05) is 5.32 Å². The van der Waals surface area contributed by atoms with Gasteiger partial charge in [0, 0.05) is 36.8 Å². The van der Waals surface area contributed by atoms with E-state index >= 15 is 0 Å². The highest BCUT2D eigenvalue weighted by Gasteiger charge is 2.10. The number of aromatic nitrogens is 2. The topological polar surface area (TPSA) is 59.0 Å². The van der Waals surface area contributed by atoms with Crippen LogP contribution in [0.1, 0.15) is 55.1 Å². The van der Waals surface area contributed by atoms with Crippen molar-refractivity contribution in [3.63, 3.8) is 0 Å². The van der Waals surface area contributed by atoms with E-state index in [1.807, 2.05) is 30.8 Å². The van der Waals surface area contributed by atoms with E-state index in [-0.39, 0.29) is 5.91 Å². The molecule has 26 heavy (non-hydrogen) atoms. The molecule has 1 amide bonds. The van der Waals surface area contributed by atoms with Gasteiger partial charge in [0.1, 0.15) is 0 Å². The van der Waals surface area contributed by atoms with Crippen molar-refractivity contribution in [3.05, 3.63) is 46.8 Å². The zero-order valence-corrected chi connectivity index (χ0v) is 16.9. The third kappa shape index (κ3) is 5.66. The van der Waals surface area contributed by atoms with E-state index in [9.17, 15) is 4.79 Å². The van der Waals surface area contributed by atoms with Crippen LogP contribution in [0.4, 0.5) is 5.69 Å². The number of unbranched alkanes of at least 4 members (excludes halogenated alkanes) is 2. The van der Waals surface area contributed by atoms with Crippen LogP contribution >= 0.6 is 12.2 Å². The lowest BCUT2D eigenvalue weighted by Crippen LogP contribution is -2.33. The summed E-state index contributed by atoms with van der Waals surface area (Å²) in [6.45, 7) is 6.25. The minimum absolute atomic E-state index is 0.0323. The summed E-state index contributed by atoms with van der Waals surface area (Å²) in [5, 5.41) is 10.6. The van der Waals surface area contributed by atoms with Crippen LogP contribution in [-0.2, 0) is 18.3 Å². The first-order valence-corrected chi connectivity index (χ1v) is 9.50. The fourth-order valence-corrected chi connectivity index (χ4v) is 3.10. The van der Waals surface area contributed by atoms with Crippen molar-refractivity contribution in [1.82, 2.24) is 15.1 Å². The summed E-state index contributed by atoms with van der Waals surface area (Å²) in [7, 11) is 1.97. The second-order valence-electron chi connectivity index (χ2n) is 6.61. The number of hydrogen-bond acceptors (Lipinski definition) is 3. The Hall–Kier alpha value is -2.21. The van der Waals surface area contributed by atoms with Crippen molar-refractivity contribution in [2.24, 2.45) is 7.05 Å². The van der Waals surface area contributed by atoms with E-state index < -0.39 is 0 Å². The summed E-state index contributed by atoms with van der Waals surface area (Å²) in [5.41, 5.74) is 5.61. The average molecular weight is 373 g/mol. The maximum atomic E-state index is 11.8. The van der Waals surface area contributed by atoms with Gasteiger partial charge in [-0.15, -0.1) is 0 Å². The number of amides is 1. The average Bonchev–Trinajstić information content (AvgIpc) is 2.83. The second-order valence-corrected chi connectivity index (χ2v) is 7.01. The molecule has 1 aromatic carbocycles. The largest absolute Gasteiger partial charge is 0.332 e. The van der Waals surface area contributed by atoms with Gasteiger partial charge in [0.05, 0.1) is 5.69 Å². The molecule has 2 aromatic rings. The molecule has 2 N–H and O–H groups in total. The van der Waals surface area contributed by atoms with Gasteiger partial charge in [0.25, 0.3) is 0 Å². The smallest absolute Gasteiger partial charge is 0.226 e. The number of thiocarbonyl (C=S) groups is 1. The minimum Gasteiger partial charge on any atom is -0.332 e. The monoisotopic (exact) mass is 372 g/mol. The summed E-state index contributed by atoms with van der Waals surface area (Å²) in [5.74, 6) is -0.0323. The van der Waals surface area contributed by atoms with Gasteiger partial charge < -0.3 is 10.6 Å². The molecule has 1 aromatic heterocycles. The Labute approximate surface area is 161 Å². The predicted molar refractivity (Wildman–Crippen MR) is 110 cm³/mol. The lowest BCUT2D eigenvalue weighted by atomic mass is 10.0. The Morgan fingerprint density at radius 3 is 2.46 bits per heavy atom. The van der Waals surface area contributed by atoms with Crippen molar-refractivity contribution in [1.29, 1.82) is 0 Å². The molecule has 0 unspecified atom stereocenters. The molecule has 0 saturated carbocycles. The maximum absolute atomic E-state index is 11.8. The number of nitrogens with zero attached hydrogens (tertiary/aromatic N) is 2. The third-order valence-corrected chi connectivity index (χ3v) is 4.72. The molecule has 2 rings (SSSR count). The highest BCUT2D eigenvalue weighted by Crippen LogP contribution is 2.18. The highest BCUT2D eigenvalue weighted by atomic mass is 32.1. The molecule has 0 saturated heterocycles. The lowest BCUT2D eigenvalue weighted by molar-refractivity contribution is -0.119. The van der Waals surface area contributed by atoms with Gasteiger partial charge in [-0.2, -0.15) is 5.10 Å². The molecule has 0 aliphatic rings. The molecule has 0 bridgehead atoms. The van der Waals surface area contributed by atoms with Crippen LogP contribution in [-0.4, -0.2) is 20.8 Å². The fourth-order valence-electron chi connectivity index (χ4n) is 2.87. The fraction of sp³-hybridized carbons (Fsp3) is 0.450. The standard InChI is InChI=1S/C20H28N4OS/c1-5-6-7-8-19(25)22-20(26)21-17-11-9-16(10-12-17)13-18-14(2)23-24(4)15(18)3/h9-12H,5-8,13H2,1-4H3,(H2,21,22,25,26). The minimum atomic E-state index is -0.0323. The van der Waals surface area contributed by atoms with Gasteiger partial charge in [0.2, 0.25) is 5.91 Å². The molecular weight excluding hydrogens is 344 g/mol. The van der Waals surface area contributed by atoms with E-state index in [0.717, 1.165) is 37.1 Å². The Balaban J connectivity index is 1.89. The summed E-state index contributed by atoms with van der Waals surface area (Å²) < 4.78 is 1.92. The van der Waals surface area contributed by atoms with Crippen LogP contribution in [0, 0.1) is 13.8 Å². The molecule has 0 radical (unpaired) electrons. The first-order valence-electron chi connectivity index (χ1n) is 9.09. The van der Waals surface area contributed by atoms with E-state index in [2.05, 4.69) is 41.7 Å². The van der Waals surface area contributed by atoms with Gasteiger partial charge >= 0.3 is 0 Å². The van der Waals surface area contributed by atoms with Crippen LogP contribution < -0.4 is 10.6 Å². The summed E-state index contributed by atoms with van der Waals surface area (Å²) >= 11 is 5.21. The van der Waals surface area contributed by atoms with E-state index in [1.54, 1.807) is 0 Å². The summed E-state index contributed by atoms with van der Waals surface area (Å²) in [6.07, 6.45) is 4.42. The first-order chi connectivity index (χ1) is 12.4. The van der Waals surface area contributed by atoms with Gasteiger partial charge in [-0.3, -0.25) is 9.48 Å². The number of rotatable bonds is 7. The van der Waals surface area contributed by atoms with Crippen LogP contribution in [0.25, 0.3) is 0 Å². The predicted octanol–water partition coefficient (Wildman–Crippen LogP) is 4.02. The molecule has 6 heteroatoms. The molecule has 140 valence electrons. The third-order valence-electron chi connectivity index (χ3n) is 4.51. The Morgan fingerprint density at radius 1 is 1.19 bits per heavy atom. The molecular formula is C20H28N4OS. The molecule has 5 nitrogen and oxygen atoms in total. The first kappa shape index (κ1) is 20.1. The van der Waals surface area contributed by atoms with Gasteiger partial charge in [-0.25, -0.2) is 0 Å². The van der Waals surface area contributed by atoms with Crippen molar-refractivity contribution in [3.8, 4) is 0 Å². The van der Waals surface area contributed by atoms with Crippen molar-refractivity contribution in [2.45, 2.75) is 52.9 Å². The maximum Gasteiger partial charge on any atom is 0.226 e. The van der Waals surface area contributed by atoms with Crippen molar-refractivity contribution >= 4 is 28.9 Å². The molecule has 0 aliphatic carbocycles. The van der Waals surface area contributed by atoms with E-state index in [1.165, 1.54) is 16.8 Å². The molecule has 0 atom stereocenters. The molecule has 0 spiro atoms. The summed E-state index contributed by atoms with van der Waals surface area (Å²) in [6, 6.07) is 8.09. The second kappa shape index (κ2) is 9.48. The zero-order chi connectivity index (χ0) is 19.1. The number of anilines is 1. The van der Waals surface area contributed by atoms with Gasteiger partial charge in [0.15, 0.2) is 5.11 Å². The number of carbonyl (C=O) groups excluding carboxylic acids is 1.